The highest BCUT2D eigenvalue weighted by Gasteiger charge is 2.57. The minimum Gasteiger partial charge on any atom is -0.393 e. The van der Waals surface area contributed by atoms with Gasteiger partial charge < -0.3 is 5.11 Å². The molecule has 0 spiro atoms. The molecule has 1 N–H and O–H groups in total. The fourth-order valence-corrected chi connectivity index (χ4v) is 8.29. The molecule has 0 aliphatic heterocycles. The zero-order chi connectivity index (χ0) is 22.7. The quantitative estimate of drug-likeness (QED) is 0.465. The molecule has 1 saturated carbocycles. The Morgan fingerprint density at radius 1 is 0.969 bits per heavy atom. The smallest absolute Gasteiger partial charge is 0.0594 e. The van der Waals surface area contributed by atoms with E-state index in [0.717, 1.165) is 24.8 Å². The largest absolute Gasteiger partial charge is 0.393 e. The summed E-state index contributed by atoms with van der Waals surface area (Å²) in [5.41, 5.74) is 6.78. The van der Waals surface area contributed by atoms with Gasteiger partial charge in [0, 0.05) is 11.5 Å². The van der Waals surface area contributed by atoms with Gasteiger partial charge in [0.05, 0.1) is 6.10 Å². The topological polar surface area (TPSA) is 20.2 Å². The minimum atomic E-state index is -0.157. The van der Waals surface area contributed by atoms with Crippen LogP contribution in [0.25, 0.3) is 0 Å². The molecule has 1 aromatic rings. The van der Waals surface area contributed by atoms with E-state index in [0.29, 0.717) is 17.8 Å². The number of hydrogen-bond donors (Lipinski definition) is 1. The van der Waals surface area contributed by atoms with Crippen molar-refractivity contribution in [1.82, 2.24) is 0 Å². The average molecular weight is 429 g/mol. The second kappa shape index (κ2) is 7.63. The van der Waals surface area contributed by atoms with Gasteiger partial charge in [-0.15, -0.1) is 0 Å². The molecule has 4 aliphatic carbocycles. The Labute approximate surface area is 195 Å². The van der Waals surface area contributed by atoms with Gasteiger partial charge in [0.15, 0.2) is 0 Å². The molecule has 32 heavy (non-hydrogen) atoms. The Hall–Kier alpha value is -1.78. The summed E-state index contributed by atoms with van der Waals surface area (Å²) < 4.78 is 0. The molecule has 1 nitrogen and oxygen atoms in total. The van der Waals surface area contributed by atoms with E-state index in [-0.39, 0.29) is 22.3 Å². The molecular weight excluding hydrogens is 388 g/mol. The molecule has 0 saturated heterocycles. The highest BCUT2D eigenvalue weighted by Crippen LogP contribution is 2.66. The van der Waals surface area contributed by atoms with Gasteiger partial charge in [-0.05, 0) is 96.3 Å². The second-order valence-electron chi connectivity index (χ2n) is 12.1. The fraction of sp³-hybridized carbons (Fsp3) is 0.613. The van der Waals surface area contributed by atoms with Crippen LogP contribution in [0.15, 0.2) is 53.1 Å². The first-order valence-corrected chi connectivity index (χ1v) is 12.9. The van der Waals surface area contributed by atoms with Crippen molar-refractivity contribution in [3.63, 3.8) is 0 Å². The third kappa shape index (κ3) is 3.17. The average Bonchev–Trinajstić information content (AvgIpc) is 3.13. The summed E-state index contributed by atoms with van der Waals surface area (Å²) in [6.07, 6.45) is 10.6. The summed E-state index contributed by atoms with van der Waals surface area (Å²) in [6.45, 7) is 12.0. The lowest BCUT2D eigenvalue weighted by molar-refractivity contribution is -0.0904. The maximum absolute atomic E-state index is 10.8. The maximum atomic E-state index is 10.8. The zero-order valence-corrected chi connectivity index (χ0v) is 20.7. The van der Waals surface area contributed by atoms with E-state index in [2.05, 4.69) is 82.9 Å². The van der Waals surface area contributed by atoms with Crippen LogP contribution < -0.4 is 0 Å². The first-order valence-electron chi connectivity index (χ1n) is 12.9. The molecule has 170 valence electrons. The molecule has 1 fully saturated rings. The molecule has 0 unspecified atom stereocenters. The van der Waals surface area contributed by atoms with Crippen LogP contribution in [0.2, 0.25) is 0 Å². The fourth-order valence-electron chi connectivity index (χ4n) is 8.29. The van der Waals surface area contributed by atoms with Crippen LogP contribution in [0.4, 0.5) is 0 Å². The Morgan fingerprint density at radius 3 is 2.47 bits per heavy atom. The Balaban J connectivity index is 1.44. The summed E-state index contributed by atoms with van der Waals surface area (Å²) in [5.74, 6) is 8.65. The standard InChI is InChI=1S/C31H40O/c1-21(11-12-22-9-7-6-8-10-22)24-14-15-25-23-13-16-27-29(2,3)28(32)18-20-31(27,5)26(23)17-19-30(24,25)4/h6-10,15,21,24,27-28,32H,13-14,16-20H2,1-5H3/t21-,24-,27+,28+,30-,31-/m1/s1. The van der Waals surface area contributed by atoms with Crippen molar-refractivity contribution in [2.75, 3.05) is 0 Å². The predicted octanol–water partition coefficient (Wildman–Crippen LogP) is 7.31. The summed E-state index contributed by atoms with van der Waals surface area (Å²) in [7, 11) is 0. The van der Waals surface area contributed by atoms with Crippen molar-refractivity contribution >= 4 is 0 Å². The highest BCUT2D eigenvalue weighted by molar-refractivity contribution is 5.50. The van der Waals surface area contributed by atoms with Gasteiger partial charge >= 0.3 is 0 Å². The Bertz CT molecular complexity index is 1020. The van der Waals surface area contributed by atoms with Gasteiger partial charge in [0.25, 0.3) is 0 Å². The van der Waals surface area contributed by atoms with Crippen molar-refractivity contribution in [3.8, 4) is 11.8 Å². The lowest BCUT2D eigenvalue weighted by atomic mass is 9.46. The third-order valence-electron chi connectivity index (χ3n) is 10.3. The first kappa shape index (κ1) is 22.0. The van der Waals surface area contributed by atoms with Gasteiger partial charge in [-0.1, -0.05) is 76.3 Å². The molecule has 1 aromatic carbocycles. The minimum absolute atomic E-state index is 0.0143. The zero-order valence-electron chi connectivity index (χ0n) is 20.7. The van der Waals surface area contributed by atoms with E-state index in [9.17, 15) is 5.11 Å². The van der Waals surface area contributed by atoms with E-state index in [1.165, 1.54) is 25.7 Å². The van der Waals surface area contributed by atoms with E-state index in [1.807, 2.05) is 0 Å². The van der Waals surface area contributed by atoms with Crippen LogP contribution in [0.1, 0.15) is 85.1 Å². The second-order valence-corrected chi connectivity index (χ2v) is 12.1. The first-order chi connectivity index (χ1) is 15.2. The van der Waals surface area contributed by atoms with Crippen LogP contribution >= 0.6 is 0 Å². The van der Waals surface area contributed by atoms with E-state index in [1.54, 1.807) is 16.7 Å². The Kier molecular flexibility index (Phi) is 5.25. The van der Waals surface area contributed by atoms with Crippen LogP contribution in [-0.4, -0.2) is 11.2 Å². The van der Waals surface area contributed by atoms with Crippen molar-refractivity contribution in [2.45, 2.75) is 85.7 Å². The third-order valence-corrected chi connectivity index (χ3v) is 10.3. The molecule has 0 heterocycles. The van der Waals surface area contributed by atoms with Crippen molar-refractivity contribution in [3.05, 3.63) is 58.7 Å². The predicted molar refractivity (Wildman–Crippen MR) is 133 cm³/mol. The van der Waals surface area contributed by atoms with Crippen LogP contribution in [0.3, 0.4) is 0 Å². The number of allylic oxidation sites excluding steroid dienone is 4. The number of fused-ring (bicyclic) bond motifs is 4. The number of benzene rings is 1. The Morgan fingerprint density at radius 2 is 1.72 bits per heavy atom. The lowest BCUT2D eigenvalue weighted by Crippen LogP contribution is -2.53. The van der Waals surface area contributed by atoms with Crippen LogP contribution in [0, 0.1) is 45.8 Å². The van der Waals surface area contributed by atoms with Crippen molar-refractivity contribution in [2.24, 2.45) is 34.0 Å². The summed E-state index contributed by atoms with van der Waals surface area (Å²) in [6, 6.07) is 10.4. The van der Waals surface area contributed by atoms with Gasteiger partial charge in [-0.25, -0.2) is 0 Å². The SMILES string of the molecule is C[C@H](C#Cc1ccccc1)[C@H]1CC=C2C3=C(CC[C@@]21C)[C@@]1(C)CC[C@H](O)C(C)(C)[C@@H]1CC3. The number of aliphatic hydroxyl groups is 1. The number of rotatable bonds is 1. The normalized spacial score (nSPS) is 38.6. The molecule has 1 heteroatoms. The molecule has 5 rings (SSSR count). The van der Waals surface area contributed by atoms with E-state index < -0.39 is 0 Å². The monoisotopic (exact) mass is 428 g/mol. The maximum Gasteiger partial charge on any atom is 0.0594 e. The molecule has 0 bridgehead atoms. The molecule has 6 atom stereocenters. The van der Waals surface area contributed by atoms with E-state index >= 15 is 0 Å². The molecule has 0 radical (unpaired) electrons. The van der Waals surface area contributed by atoms with Gasteiger partial charge in [-0.2, -0.15) is 0 Å². The van der Waals surface area contributed by atoms with Gasteiger partial charge in [-0.3, -0.25) is 0 Å². The summed E-state index contributed by atoms with van der Waals surface area (Å²) in [4.78, 5) is 0. The number of hydrogen-bond acceptors (Lipinski definition) is 1. The molecule has 4 aliphatic rings. The van der Waals surface area contributed by atoms with Gasteiger partial charge in [0.2, 0.25) is 0 Å². The molecule has 0 amide bonds. The highest BCUT2D eigenvalue weighted by atomic mass is 16.3. The lowest BCUT2D eigenvalue weighted by Gasteiger charge is -2.59. The van der Waals surface area contributed by atoms with Crippen molar-refractivity contribution in [1.29, 1.82) is 0 Å². The summed E-state index contributed by atoms with van der Waals surface area (Å²) in [5, 5.41) is 10.8. The van der Waals surface area contributed by atoms with Gasteiger partial charge in [0.1, 0.15) is 0 Å². The molecule has 0 aromatic heterocycles. The van der Waals surface area contributed by atoms with Crippen molar-refractivity contribution < 1.29 is 5.11 Å². The number of aliphatic hydroxyl groups excluding tert-OH is 1. The molecular formula is C31H40O. The van der Waals surface area contributed by atoms with E-state index in [4.69, 9.17) is 0 Å². The van der Waals surface area contributed by atoms with Crippen LogP contribution in [-0.2, 0) is 0 Å². The summed E-state index contributed by atoms with van der Waals surface area (Å²) >= 11 is 0. The van der Waals surface area contributed by atoms with Crippen LogP contribution in [0.5, 0.6) is 0 Å².